The van der Waals surface area contributed by atoms with E-state index in [0.717, 1.165) is 0 Å². The zero-order valence-electron chi connectivity index (χ0n) is 7.81. The van der Waals surface area contributed by atoms with Gasteiger partial charge in [-0.25, -0.2) is 4.79 Å². The molecule has 0 spiro atoms. The Morgan fingerprint density at radius 3 is 2.64 bits per heavy atom. The van der Waals surface area contributed by atoms with Gasteiger partial charge in [0.15, 0.2) is 0 Å². The third kappa shape index (κ3) is 2.57. The zero-order chi connectivity index (χ0) is 9.80. The lowest BCUT2D eigenvalue weighted by Gasteiger charge is -2.01. The lowest BCUT2D eigenvalue weighted by Crippen LogP contribution is -2.07. The van der Waals surface area contributed by atoms with E-state index in [1.54, 1.807) is 24.3 Å². The van der Waals surface area contributed by atoms with Crippen LogP contribution in [0.2, 0.25) is 0 Å². The SMILES string of the molecule is O=C(OOCC1CC1)c1ccccc1. The lowest BCUT2D eigenvalue weighted by atomic mass is 10.2. The monoisotopic (exact) mass is 192 g/mol. The van der Waals surface area contributed by atoms with Gasteiger partial charge in [0.05, 0.1) is 12.2 Å². The summed E-state index contributed by atoms with van der Waals surface area (Å²) in [7, 11) is 0. The molecular formula is C11H12O3. The van der Waals surface area contributed by atoms with Crippen molar-refractivity contribution in [1.82, 2.24) is 0 Å². The molecule has 0 N–H and O–H groups in total. The molecule has 74 valence electrons. The second kappa shape index (κ2) is 4.24. The van der Waals surface area contributed by atoms with Crippen molar-refractivity contribution in [1.29, 1.82) is 0 Å². The van der Waals surface area contributed by atoms with Crippen LogP contribution in [-0.2, 0) is 9.78 Å². The summed E-state index contributed by atoms with van der Waals surface area (Å²) in [6.07, 6.45) is 2.37. The highest BCUT2D eigenvalue weighted by Gasteiger charge is 2.22. The summed E-state index contributed by atoms with van der Waals surface area (Å²) in [4.78, 5) is 20.8. The van der Waals surface area contributed by atoms with E-state index >= 15 is 0 Å². The van der Waals surface area contributed by atoms with Gasteiger partial charge in [0.25, 0.3) is 0 Å². The molecule has 0 saturated heterocycles. The topological polar surface area (TPSA) is 35.5 Å². The molecule has 0 aliphatic heterocycles. The molecule has 1 aliphatic carbocycles. The summed E-state index contributed by atoms with van der Waals surface area (Å²) < 4.78 is 0. The van der Waals surface area contributed by atoms with Crippen molar-refractivity contribution >= 4 is 5.97 Å². The molecule has 1 saturated carbocycles. The quantitative estimate of drug-likeness (QED) is 0.541. The molecule has 3 heteroatoms. The molecule has 0 radical (unpaired) electrons. The third-order valence-electron chi connectivity index (χ3n) is 2.14. The second-order valence-electron chi connectivity index (χ2n) is 3.46. The molecule has 0 heterocycles. The van der Waals surface area contributed by atoms with E-state index in [2.05, 4.69) is 4.89 Å². The second-order valence-corrected chi connectivity index (χ2v) is 3.46. The first kappa shape index (κ1) is 9.21. The minimum atomic E-state index is -0.425. The van der Waals surface area contributed by atoms with E-state index < -0.39 is 5.97 Å². The molecule has 3 nitrogen and oxygen atoms in total. The Labute approximate surface area is 82.6 Å². The minimum absolute atomic E-state index is 0.425. The first-order valence-electron chi connectivity index (χ1n) is 4.75. The third-order valence-corrected chi connectivity index (χ3v) is 2.14. The van der Waals surface area contributed by atoms with Gasteiger partial charge in [-0.15, -0.1) is 0 Å². The maximum Gasteiger partial charge on any atom is 0.373 e. The highest BCUT2D eigenvalue weighted by Crippen LogP contribution is 2.28. The molecule has 0 unspecified atom stereocenters. The van der Waals surface area contributed by atoms with E-state index in [1.807, 2.05) is 6.07 Å². The van der Waals surface area contributed by atoms with Gasteiger partial charge in [0.1, 0.15) is 0 Å². The maximum absolute atomic E-state index is 11.3. The van der Waals surface area contributed by atoms with Gasteiger partial charge in [-0.2, -0.15) is 4.89 Å². The molecular weight excluding hydrogens is 180 g/mol. The first-order chi connectivity index (χ1) is 6.86. The molecule has 1 aromatic rings. The highest BCUT2D eigenvalue weighted by molar-refractivity contribution is 5.88. The average molecular weight is 192 g/mol. The average Bonchev–Trinajstić information content (AvgIpc) is 3.03. The van der Waals surface area contributed by atoms with Gasteiger partial charge >= 0.3 is 5.97 Å². The predicted octanol–water partition coefficient (Wildman–Crippen LogP) is 2.18. The molecule has 0 aromatic heterocycles. The van der Waals surface area contributed by atoms with Crippen LogP contribution in [0.1, 0.15) is 23.2 Å². The van der Waals surface area contributed by atoms with Gasteiger partial charge in [0.2, 0.25) is 0 Å². The number of hydrogen-bond acceptors (Lipinski definition) is 3. The Morgan fingerprint density at radius 1 is 1.29 bits per heavy atom. The normalized spacial score (nSPS) is 15.1. The van der Waals surface area contributed by atoms with Crippen LogP contribution in [0.15, 0.2) is 30.3 Å². The minimum Gasteiger partial charge on any atom is -0.293 e. The highest BCUT2D eigenvalue weighted by atomic mass is 17.2. The van der Waals surface area contributed by atoms with E-state index in [9.17, 15) is 4.79 Å². The number of carbonyl (C=O) groups is 1. The smallest absolute Gasteiger partial charge is 0.293 e. The van der Waals surface area contributed by atoms with Crippen molar-refractivity contribution in [2.45, 2.75) is 12.8 Å². The Bertz CT molecular complexity index is 304. The number of benzene rings is 1. The van der Waals surface area contributed by atoms with Crippen molar-refractivity contribution in [2.75, 3.05) is 6.61 Å². The van der Waals surface area contributed by atoms with Crippen LogP contribution in [0.3, 0.4) is 0 Å². The Balaban J connectivity index is 1.77. The van der Waals surface area contributed by atoms with Crippen LogP contribution in [0.25, 0.3) is 0 Å². The van der Waals surface area contributed by atoms with Crippen molar-refractivity contribution < 1.29 is 14.6 Å². The Kier molecular flexibility index (Phi) is 2.79. The fraction of sp³-hybridized carbons (Fsp3) is 0.364. The molecule has 2 rings (SSSR count). The Hall–Kier alpha value is -1.35. The number of carbonyl (C=O) groups excluding carboxylic acids is 1. The van der Waals surface area contributed by atoms with Crippen LogP contribution in [-0.4, -0.2) is 12.6 Å². The van der Waals surface area contributed by atoms with E-state index in [1.165, 1.54) is 12.8 Å². The van der Waals surface area contributed by atoms with Gasteiger partial charge in [0, 0.05) is 0 Å². The van der Waals surface area contributed by atoms with Crippen molar-refractivity contribution in [3.8, 4) is 0 Å². The van der Waals surface area contributed by atoms with Crippen LogP contribution in [0, 0.1) is 5.92 Å². The summed E-state index contributed by atoms with van der Waals surface area (Å²) in [5.41, 5.74) is 0.517. The molecule has 14 heavy (non-hydrogen) atoms. The molecule has 1 aliphatic rings. The van der Waals surface area contributed by atoms with E-state index in [0.29, 0.717) is 18.1 Å². The van der Waals surface area contributed by atoms with Crippen LogP contribution in [0.5, 0.6) is 0 Å². The van der Waals surface area contributed by atoms with Gasteiger partial charge in [-0.1, -0.05) is 18.2 Å². The summed E-state index contributed by atoms with van der Waals surface area (Å²) >= 11 is 0. The zero-order valence-corrected chi connectivity index (χ0v) is 7.81. The van der Waals surface area contributed by atoms with Crippen molar-refractivity contribution in [3.63, 3.8) is 0 Å². The largest absolute Gasteiger partial charge is 0.373 e. The van der Waals surface area contributed by atoms with Gasteiger partial charge in [-0.3, -0.25) is 4.89 Å². The first-order valence-corrected chi connectivity index (χ1v) is 4.75. The van der Waals surface area contributed by atoms with E-state index in [4.69, 9.17) is 4.89 Å². The molecule has 0 atom stereocenters. The molecule has 1 aromatic carbocycles. The van der Waals surface area contributed by atoms with Gasteiger partial charge in [-0.05, 0) is 30.9 Å². The molecule has 1 fully saturated rings. The summed E-state index contributed by atoms with van der Waals surface area (Å²) in [5, 5.41) is 0. The van der Waals surface area contributed by atoms with Crippen molar-refractivity contribution in [2.24, 2.45) is 5.92 Å². The molecule has 0 amide bonds. The fourth-order valence-electron chi connectivity index (χ4n) is 1.09. The maximum atomic E-state index is 11.3. The van der Waals surface area contributed by atoms with E-state index in [-0.39, 0.29) is 0 Å². The van der Waals surface area contributed by atoms with Gasteiger partial charge < -0.3 is 0 Å². The standard InChI is InChI=1S/C11H12O3/c12-11(10-4-2-1-3-5-10)14-13-8-9-6-7-9/h1-5,9H,6-8H2. The summed E-state index contributed by atoms with van der Waals surface area (Å²) in [6, 6.07) is 8.82. The molecule has 0 bridgehead atoms. The number of hydrogen-bond donors (Lipinski definition) is 0. The lowest BCUT2D eigenvalue weighted by molar-refractivity contribution is -0.243. The fourth-order valence-corrected chi connectivity index (χ4v) is 1.09. The predicted molar refractivity (Wildman–Crippen MR) is 50.5 cm³/mol. The number of rotatable bonds is 4. The Morgan fingerprint density at radius 2 is 2.00 bits per heavy atom. The van der Waals surface area contributed by atoms with Crippen LogP contribution in [0.4, 0.5) is 0 Å². The summed E-state index contributed by atoms with van der Waals surface area (Å²) in [6.45, 7) is 0.526. The van der Waals surface area contributed by atoms with Crippen LogP contribution >= 0.6 is 0 Å². The summed E-state index contributed by atoms with van der Waals surface area (Å²) in [5.74, 6) is 0.171. The van der Waals surface area contributed by atoms with Crippen molar-refractivity contribution in [3.05, 3.63) is 35.9 Å². The van der Waals surface area contributed by atoms with Crippen LogP contribution < -0.4 is 0 Å².